The van der Waals surface area contributed by atoms with E-state index in [1.165, 1.54) is 69.5 Å². The van der Waals surface area contributed by atoms with Crippen molar-refractivity contribution >= 4 is 0 Å². The zero-order chi connectivity index (χ0) is 21.6. The maximum atomic E-state index is 6.06. The van der Waals surface area contributed by atoms with E-state index in [4.69, 9.17) is 9.47 Å². The molecule has 2 heterocycles. The summed E-state index contributed by atoms with van der Waals surface area (Å²) in [5.41, 5.74) is 2.56. The van der Waals surface area contributed by atoms with Crippen molar-refractivity contribution in [3.63, 3.8) is 0 Å². The predicted octanol–water partition coefficient (Wildman–Crippen LogP) is 4.84. The van der Waals surface area contributed by atoms with E-state index >= 15 is 0 Å². The maximum Gasteiger partial charge on any atom is 0.120 e. The molecule has 0 bridgehead atoms. The minimum absolute atomic E-state index is 0.623. The largest absolute Gasteiger partial charge is 0.489 e. The van der Waals surface area contributed by atoms with Gasteiger partial charge in [0.05, 0.1) is 6.61 Å². The van der Waals surface area contributed by atoms with Gasteiger partial charge in [-0.2, -0.15) is 0 Å². The number of piperidine rings is 2. The van der Waals surface area contributed by atoms with Gasteiger partial charge in [0.15, 0.2) is 0 Å². The van der Waals surface area contributed by atoms with E-state index in [2.05, 4.69) is 58.3 Å². The number of hydrogen-bond acceptors (Lipinski definition) is 4. The first kappa shape index (κ1) is 21.9. The fourth-order valence-corrected chi connectivity index (χ4v) is 5.64. The van der Waals surface area contributed by atoms with Crippen LogP contribution in [0.1, 0.15) is 36.8 Å². The molecular formula is C28H38N2O2. The van der Waals surface area contributed by atoms with E-state index in [0.29, 0.717) is 6.61 Å². The summed E-state index contributed by atoms with van der Waals surface area (Å²) in [4.78, 5) is 5.22. The monoisotopic (exact) mass is 434 g/mol. The molecule has 2 aromatic rings. The third-order valence-corrected chi connectivity index (χ3v) is 7.52. The number of ether oxygens (including phenoxy) is 2. The Kier molecular flexibility index (Phi) is 7.42. The average molecular weight is 435 g/mol. The molecule has 3 aliphatic rings. The lowest BCUT2D eigenvalue weighted by Crippen LogP contribution is -2.31. The van der Waals surface area contributed by atoms with Crippen LogP contribution in [-0.4, -0.2) is 55.7 Å². The van der Waals surface area contributed by atoms with Gasteiger partial charge in [0.25, 0.3) is 0 Å². The number of likely N-dealkylation sites (tertiary alicyclic amines) is 2. The van der Waals surface area contributed by atoms with Gasteiger partial charge in [-0.25, -0.2) is 0 Å². The standard InChI is InChI=1S/C28H38N2O2/c1-3-9-23(10-4-1)21-32-25-12-7-11-24(17-25)18-30-19-26-27(20-30)28(26)22-31-16-8-15-29-13-5-2-6-14-29/h1,3-4,7,9-12,17,26-28H,2,5-6,8,13-16,18-22H2. The molecule has 2 aromatic carbocycles. The van der Waals surface area contributed by atoms with Crippen LogP contribution < -0.4 is 4.74 Å². The van der Waals surface area contributed by atoms with Gasteiger partial charge < -0.3 is 14.4 Å². The smallest absolute Gasteiger partial charge is 0.120 e. The van der Waals surface area contributed by atoms with Crippen LogP contribution in [0.5, 0.6) is 5.75 Å². The van der Waals surface area contributed by atoms with Crippen molar-refractivity contribution in [1.29, 1.82) is 0 Å². The average Bonchev–Trinajstić information content (AvgIpc) is 3.29. The lowest BCUT2D eigenvalue weighted by atomic mass is 10.1. The van der Waals surface area contributed by atoms with E-state index < -0.39 is 0 Å². The summed E-state index contributed by atoms with van der Waals surface area (Å²) in [5.74, 6) is 3.48. The number of hydrogen-bond donors (Lipinski definition) is 0. The minimum Gasteiger partial charge on any atom is -0.489 e. The molecule has 2 aliphatic heterocycles. The first-order valence-electron chi connectivity index (χ1n) is 12.6. The Hall–Kier alpha value is -1.88. The van der Waals surface area contributed by atoms with E-state index in [-0.39, 0.29) is 0 Å². The number of fused-ring (bicyclic) bond motifs is 1. The van der Waals surface area contributed by atoms with E-state index in [0.717, 1.165) is 43.3 Å². The van der Waals surface area contributed by atoms with Crippen molar-refractivity contribution in [2.75, 3.05) is 45.9 Å². The van der Waals surface area contributed by atoms with Crippen LogP contribution in [0.25, 0.3) is 0 Å². The van der Waals surface area contributed by atoms with Crippen molar-refractivity contribution < 1.29 is 9.47 Å². The van der Waals surface area contributed by atoms with Gasteiger partial charge in [0, 0.05) is 32.8 Å². The topological polar surface area (TPSA) is 24.9 Å². The first-order valence-corrected chi connectivity index (χ1v) is 12.6. The molecule has 2 atom stereocenters. The summed E-state index contributed by atoms with van der Waals surface area (Å²) >= 11 is 0. The predicted molar refractivity (Wildman–Crippen MR) is 129 cm³/mol. The summed E-state index contributed by atoms with van der Waals surface area (Å²) in [6.45, 7) is 9.83. The van der Waals surface area contributed by atoms with Crippen molar-refractivity contribution in [2.45, 2.75) is 38.8 Å². The molecule has 2 saturated heterocycles. The Morgan fingerprint density at radius 1 is 0.812 bits per heavy atom. The lowest BCUT2D eigenvalue weighted by molar-refractivity contribution is 0.0967. The highest BCUT2D eigenvalue weighted by Gasteiger charge is 2.55. The van der Waals surface area contributed by atoms with Crippen LogP contribution in [0.15, 0.2) is 54.6 Å². The molecule has 2 unspecified atom stereocenters. The molecule has 3 fully saturated rings. The molecule has 0 amide bonds. The minimum atomic E-state index is 0.623. The van der Waals surface area contributed by atoms with E-state index in [1.54, 1.807) is 0 Å². The number of rotatable bonds is 11. The van der Waals surface area contributed by atoms with Crippen LogP contribution in [0, 0.1) is 17.8 Å². The van der Waals surface area contributed by atoms with Crippen molar-refractivity contribution in [1.82, 2.24) is 9.80 Å². The highest BCUT2D eigenvalue weighted by molar-refractivity contribution is 5.29. The fraction of sp³-hybridized carbons (Fsp3) is 0.571. The molecule has 1 saturated carbocycles. The molecular weight excluding hydrogens is 396 g/mol. The van der Waals surface area contributed by atoms with E-state index in [1.807, 2.05) is 6.07 Å². The van der Waals surface area contributed by atoms with Crippen LogP contribution >= 0.6 is 0 Å². The molecule has 172 valence electrons. The molecule has 4 nitrogen and oxygen atoms in total. The molecule has 0 aromatic heterocycles. The van der Waals surface area contributed by atoms with Gasteiger partial charge in [-0.1, -0.05) is 48.9 Å². The van der Waals surface area contributed by atoms with Crippen LogP contribution in [0.3, 0.4) is 0 Å². The molecule has 1 aliphatic carbocycles. The normalized spacial score (nSPS) is 25.6. The number of benzene rings is 2. The Balaban J connectivity index is 0.976. The van der Waals surface area contributed by atoms with E-state index in [9.17, 15) is 0 Å². The fourth-order valence-electron chi connectivity index (χ4n) is 5.64. The summed E-state index contributed by atoms with van der Waals surface area (Å²) in [6, 6.07) is 19.0. The highest BCUT2D eigenvalue weighted by atomic mass is 16.5. The van der Waals surface area contributed by atoms with Crippen LogP contribution in [0.4, 0.5) is 0 Å². The summed E-state index contributed by atoms with van der Waals surface area (Å²) < 4.78 is 12.1. The molecule has 4 heteroatoms. The third-order valence-electron chi connectivity index (χ3n) is 7.52. The van der Waals surface area contributed by atoms with Crippen LogP contribution in [-0.2, 0) is 17.9 Å². The number of nitrogens with zero attached hydrogens (tertiary/aromatic N) is 2. The first-order chi connectivity index (χ1) is 15.8. The quantitative estimate of drug-likeness (QED) is 0.473. The zero-order valence-corrected chi connectivity index (χ0v) is 19.3. The second-order valence-corrected chi connectivity index (χ2v) is 9.94. The van der Waals surface area contributed by atoms with Crippen molar-refractivity contribution in [3.05, 3.63) is 65.7 Å². The Bertz CT molecular complexity index is 824. The van der Waals surface area contributed by atoms with Gasteiger partial charge in [-0.05, 0) is 73.4 Å². The third kappa shape index (κ3) is 5.92. The molecule has 0 N–H and O–H groups in total. The zero-order valence-electron chi connectivity index (χ0n) is 19.3. The molecule has 32 heavy (non-hydrogen) atoms. The second kappa shape index (κ2) is 10.8. The summed E-state index contributed by atoms with van der Waals surface area (Å²) in [5, 5.41) is 0. The Labute approximate surface area is 193 Å². The van der Waals surface area contributed by atoms with Gasteiger partial charge in [0.1, 0.15) is 12.4 Å². The molecule has 0 radical (unpaired) electrons. The molecule has 0 spiro atoms. The van der Waals surface area contributed by atoms with Gasteiger partial charge >= 0.3 is 0 Å². The maximum absolute atomic E-state index is 6.06. The Morgan fingerprint density at radius 2 is 1.59 bits per heavy atom. The molecule has 5 rings (SSSR count). The van der Waals surface area contributed by atoms with Crippen molar-refractivity contribution in [2.24, 2.45) is 17.8 Å². The van der Waals surface area contributed by atoms with Gasteiger partial charge in [-0.3, -0.25) is 4.90 Å². The van der Waals surface area contributed by atoms with Gasteiger partial charge in [-0.15, -0.1) is 0 Å². The summed E-state index contributed by atoms with van der Waals surface area (Å²) in [6.07, 6.45) is 5.38. The SMILES string of the molecule is c1ccc(COc2cccc(CN3CC4C(COCCCN5CCCCC5)C4C3)c2)cc1. The summed E-state index contributed by atoms with van der Waals surface area (Å²) in [7, 11) is 0. The Morgan fingerprint density at radius 3 is 2.41 bits per heavy atom. The van der Waals surface area contributed by atoms with Crippen molar-refractivity contribution in [3.8, 4) is 5.75 Å². The second-order valence-electron chi connectivity index (χ2n) is 9.94. The lowest BCUT2D eigenvalue weighted by Gasteiger charge is -2.26. The van der Waals surface area contributed by atoms with Gasteiger partial charge in [0.2, 0.25) is 0 Å². The highest BCUT2D eigenvalue weighted by Crippen LogP contribution is 2.52. The van der Waals surface area contributed by atoms with Crippen LogP contribution in [0.2, 0.25) is 0 Å².